The summed E-state index contributed by atoms with van der Waals surface area (Å²) in [5.41, 5.74) is 1.81. The molecule has 1 saturated heterocycles. The van der Waals surface area contributed by atoms with Crippen molar-refractivity contribution in [2.24, 2.45) is 0 Å². The zero-order chi connectivity index (χ0) is 21.6. The molecule has 3 aromatic rings. The van der Waals surface area contributed by atoms with Gasteiger partial charge in [0, 0.05) is 42.2 Å². The van der Waals surface area contributed by atoms with E-state index in [0.717, 1.165) is 12.1 Å². The minimum absolute atomic E-state index is 0.0775. The van der Waals surface area contributed by atoms with Gasteiger partial charge in [-0.15, -0.1) is 0 Å². The lowest BCUT2D eigenvalue weighted by Gasteiger charge is -2.15. The van der Waals surface area contributed by atoms with Crippen molar-refractivity contribution in [1.82, 2.24) is 20.4 Å². The molecule has 1 N–H and O–H groups in total. The number of ether oxygens (including phenoxy) is 1. The van der Waals surface area contributed by atoms with Crippen LogP contribution in [0.2, 0.25) is 0 Å². The topological polar surface area (TPSA) is 128 Å². The van der Waals surface area contributed by atoms with Crippen molar-refractivity contribution >= 4 is 23.5 Å². The molecule has 158 valence electrons. The van der Waals surface area contributed by atoms with Crippen LogP contribution in [0.3, 0.4) is 0 Å². The summed E-state index contributed by atoms with van der Waals surface area (Å²) >= 11 is 0. The summed E-state index contributed by atoms with van der Waals surface area (Å²) in [6.07, 6.45) is 4.59. The Balaban J connectivity index is 1.24. The van der Waals surface area contributed by atoms with E-state index in [4.69, 9.17) is 9.26 Å². The molecule has 0 radical (unpaired) electrons. The molecule has 0 atom stereocenters. The Kier molecular flexibility index (Phi) is 5.97. The van der Waals surface area contributed by atoms with Crippen LogP contribution in [0.15, 0.2) is 53.3 Å². The highest BCUT2D eigenvalue weighted by atomic mass is 16.6. The Morgan fingerprint density at radius 2 is 2.03 bits per heavy atom. The molecule has 1 aliphatic rings. The van der Waals surface area contributed by atoms with Gasteiger partial charge in [0.1, 0.15) is 6.54 Å². The molecule has 2 amide bonds. The normalized spacial score (nSPS) is 13.3. The third-order valence-corrected chi connectivity index (χ3v) is 4.65. The number of amides is 2. The molecule has 1 fully saturated rings. The predicted octanol–water partition coefficient (Wildman–Crippen LogP) is 1.73. The average Bonchev–Trinajstić information content (AvgIpc) is 3.46. The van der Waals surface area contributed by atoms with Crippen LogP contribution in [0.5, 0.6) is 0 Å². The third-order valence-electron chi connectivity index (χ3n) is 4.65. The lowest BCUT2D eigenvalue weighted by molar-refractivity contribution is -0.144. The molecule has 2 aromatic heterocycles. The fourth-order valence-corrected chi connectivity index (χ4v) is 3.09. The summed E-state index contributed by atoms with van der Waals surface area (Å²) in [7, 11) is 0. The van der Waals surface area contributed by atoms with E-state index in [0.29, 0.717) is 29.9 Å². The first-order valence-corrected chi connectivity index (χ1v) is 9.67. The summed E-state index contributed by atoms with van der Waals surface area (Å²) in [6, 6.07) is 10.2. The molecular weight excluding hydrogens is 402 g/mol. The van der Waals surface area contributed by atoms with Crippen LogP contribution in [0.25, 0.3) is 11.4 Å². The fourth-order valence-electron chi connectivity index (χ4n) is 3.09. The summed E-state index contributed by atoms with van der Waals surface area (Å²) in [5.74, 6) is -0.521. The molecule has 1 aromatic carbocycles. The molecule has 0 unspecified atom stereocenters. The average molecular weight is 421 g/mol. The Labute approximate surface area is 177 Å². The van der Waals surface area contributed by atoms with E-state index in [1.54, 1.807) is 53.7 Å². The number of aromatic nitrogens is 3. The van der Waals surface area contributed by atoms with Crippen molar-refractivity contribution < 1.29 is 23.6 Å². The largest absolute Gasteiger partial charge is 0.454 e. The zero-order valence-corrected chi connectivity index (χ0v) is 16.5. The second-order valence-electron chi connectivity index (χ2n) is 6.79. The summed E-state index contributed by atoms with van der Waals surface area (Å²) in [4.78, 5) is 45.7. The number of nitrogens with one attached hydrogen (secondary N) is 1. The number of hydrogen-bond acceptors (Lipinski definition) is 8. The van der Waals surface area contributed by atoms with Crippen LogP contribution in [0.4, 0.5) is 5.69 Å². The van der Waals surface area contributed by atoms with E-state index < -0.39 is 11.9 Å². The maximum atomic E-state index is 12.2. The monoisotopic (exact) mass is 421 g/mol. The standard InChI is InChI=1S/C21H19N5O5/c27-18-4-2-10-26(18)16-7-5-14(6-8-16)21(29)23-12-19(28)30-13-17-24-20(25-31-17)15-3-1-9-22-11-15/h1,3,5-9,11H,2,4,10,12-13H2,(H,23,29). The van der Waals surface area contributed by atoms with Gasteiger partial charge in [-0.1, -0.05) is 5.16 Å². The van der Waals surface area contributed by atoms with Gasteiger partial charge in [-0.25, -0.2) is 0 Å². The van der Waals surface area contributed by atoms with Crippen LogP contribution in [0, 0.1) is 0 Å². The highest BCUT2D eigenvalue weighted by Crippen LogP contribution is 2.21. The number of rotatable bonds is 7. The van der Waals surface area contributed by atoms with Gasteiger partial charge in [0.05, 0.1) is 0 Å². The van der Waals surface area contributed by atoms with E-state index in [1.807, 2.05) is 0 Å². The van der Waals surface area contributed by atoms with Crippen molar-refractivity contribution in [1.29, 1.82) is 0 Å². The maximum absolute atomic E-state index is 12.2. The van der Waals surface area contributed by atoms with E-state index in [9.17, 15) is 14.4 Å². The number of carbonyl (C=O) groups excluding carboxylic acids is 3. The van der Waals surface area contributed by atoms with Crippen LogP contribution < -0.4 is 10.2 Å². The summed E-state index contributed by atoms with van der Waals surface area (Å²) in [5, 5.41) is 6.30. The number of esters is 1. The third kappa shape index (κ3) is 4.92. The first kappa shape index (κ1) is 20.2. The van der Waals surface area contributed by atoms with Gasteiger partial charge in [-0.2, -0.15) is 4.98 Å². The number of pyridine rings is 1. The van der Waals surface area contributed by atoms with Crippen molar-refractivity contribution in [2.45, 2.75) is 19.4 Å². The van der Waals surface area contributed by atoms with Gasteiger partial charge in [0.15, 0.2) is 6.61 Å². The second kappa shape index (κ2) is 9.16. The molecule has 10 nitrogen and oxygen atoms in total. The van der Waals surface area contributed by atoms with Crippen LogP contribution in [-0.2, 0) is 20.9 Å². The van der Waals surface area contributed by atoms with E-state index in [2.05, 4.69) is 20.4 Å². The SMILES string of the molecule is O=C(CNC(=O)c1ccc(N2CCCC2=O)cc1)OCc1nc(-c2cccnc2)no1. The van der Waals surface area contributed by atoms with Gasteiger partial charge in [-0.05, 0) is 42.8 Å². The Morgan fingerprint density at radius 3 is 2.74 bits per heavy atom. The molecule has 0 saturated carbocycles. The van der Waals surface area contributed by atoms with Crippen LogP contribution in [-0.4, -0.2) is 46.0 Å². The van der Waals surface area contributed by atoms with E-state index in [1.165, 1.54) is 0 Å². The lowest BCUT2D eigenvalue weighted by Crippen LogP contribution is -2.30. The van der Waals surface area contributed by atoms with Crippen molar-refractivity contribution in [3.63, 3.8) is 0 Å². The van der Waals surface area contributed by atoms with E-state index >= 15 is 0 Å². The van der Waals surface area contributed by atoms with Gasteiger partial charge in [0.25, 0.3) is 11.8 Å². The number of carbonyl (C=O) groups is 3. The van der Waals surface area contributed by atoms with Gasteiger partial charge in [0.2, 0.25) is 11.7 Å². The number of nitrogens with zero attached hydrogens (tertiary/aromatic N) is 4. The predicted molar refractivity (Wildman–Crippen MR) is 108 cm³/mol. The highest BCUT2D eigenvalue weighted by Gasteiger charge is 2.21. The molecule has 1 aliphatic heterocycles. The number of anilines is 1. The van der Waals surface area contributed by atoms with Gasteiger partial charge in [-0.3, -0.25) is 19.4 Å². The molecule has 0 spiro atoms. The molecule has 0 aliphatic carbocycles. The quantitative estimate of drug-likeness (QED) is 0.572. The fraction of sp³-hybridized carbons (Fsp3) is 0.238. The molecule has 10 heteroatoms. The smallest absolute Gasteiger partial charge is 0.325 e. The van der Waals surface area contributed by atoms with Crippen molar-refractivity contribution in [2.75, 3.05) is 18.0 Å². The van der Waals surface area contributed by atoms with Crippen molar-refractivity contribution in [3.05, 3.63) is 60.2 Å². The Bertz CT molecular complexity index is 1080. The minimum Gasteiger partial charge on any atom is -0.454 e. The second-order valence-corrected chi connectivity index (χ2v) is 6.79. The van der Waals surface area contributed by atoms with Crippen LogP contribution >= 0.6 is 0 Å². The lowest BCUT2D eigenvalue weighted by atomic mass is 10.2. The van der Waals surface area contributed by atoms with Crippen LogP contribution in [0.1, 0.15) is 29.1 Å². The van der Waals surface area contributed by atoms with Gasteiger partial charge >= 0.3 is 5.97 Å². The summed E-state index contributed by atoms with van der Waals surface area (Å²) in [6.45, 7) is 0.162. The molecule has 3 heterocycles. The number of benzene rings is 1. The zero-order valence-electron chi connectivity index (χ0n) is 16.5. The van der Waals surface area contributed by atoms with Crippen molar-refractivity contribution in [3.8, 4) is 11.4 Å². The molecular formula is C21H19N5O5. The first-order valence-electron chi connectivity index (χ1n) is 9.67. The highest BCUT2D eigenvalue weighted by molar-refractivity contribution is 5.98. The maximum Gasteiger partial charge on any atom is 0.325 e. The number of hydrogen-bond donors (Lipinski definition) is 1. The Morgan fingerprint density at radius 1 is 1.19 bits per heavy atom. The minimum atomic E-state index is -0.645. The first-order chi connectivity index (χ1) is 15.1. The molecule has 4 rings (SSSR count). The van der Waals surface area contributed by atoms with E-state index in [-0.39, 0.29) is 24.9 Å². The van der Waals surface area contributed by atoms with Gasteiger partial charge < -0.3 is 19.5 Å². The molecule has 31 heavy (non-hydrogen) atoms. The Hall–Kier alpha value is -4.08. The summed E-state index contributed by atoms with van der Waals surface area (Å²) < 4.78 is 10.1. The molecule has 0 bridgehead atoms.